The van der Waals surface area contributed by atoms with Gasteiger partial charge in [0.05, 0.1) is 5.56 Å². The van der Waals surface area contributed by atoms with Crippen molar-refractivity contribution in [2.75, 3.05) is 7.05 Å². The van der Waals surface area contributed by atoms with Crippen LogP contribution in [-0.2, 0) is 6.54 Å². The van der Waals surface area contributed by atoms with Crippen molar-refractivity contribution in [1.29, 1.82) is 0 Å². The van der Waals surface area contributed by atoms with Gasteiger partial charge in [-0.2, -0.15) is 5.10 Å². The monoisotopic (exact) mass is 330 g/mol. The maximum absolute atomic E-state index is 12.8. The molecule has 124 valence electrons. The molecule has 2 aromatic heterocycles. The Morgan fingerprint density at radius 1 is 1.12 bits per heavy atom. The number of carbonyl (C=O) groups excluding carboxylic acids is 1. The number of benzene rings is 2. The van der Waals surface area contributed by atoms with Crippen LogP contribution in [0.25, 0.3) is 21.8 Å². The summed E-state index contributed by atoms with van der Waals surface area (Å²) in [7, 11) is 1.82. The number of rotatable bonds is 3. The lowest BCUT2D eigenvalue weighted by Crippen LogP contribution is -2.26. The Labute approximate surface area is 145 Å². The number of pyridine rings is 1. The van der Waals surface area contributed by atoms with Gasteiger partial charge in [-0.15, -0.1) is 0 Å². The summed E-state index contributed by atoms with van der Waals surface area (Å²) in [5, 5.41) is 10.2. The first-order valence-electron chi connectivity index (χ1n) is 8.16. The first kappa shape index (κ1) is 15.3. The molecule has 0 saturated carbocycles. The fourth-order valence-corrected chi connectivity index (χ4v) is 3.11. The van der Waals surface area contributed by atoms with E-state index in [0.717, 1.165) is 16.6 Å². The van der Waals surface area contributed by atoms with Gasteiger partial charge in [0.2, 0.25) is 0 Å². The summed E-state index contributed by atoms with van der Waals surface area (Å²) in [6.07, 6.45) is 1.59. The molecule has 5 nitrogen and oxygen atoms in total. The van der Waals surface area contributed by atoms with Crippen LogP contribution in [0.5, 0.6) is 0 Å². The van der Waals surface area contributed by atoms with Crippen LogP contribution in [0.15, 0.2) is 54.7 Å². The second-order valence-electron chi connectivity index (χ2n) is 6.24. The van der Waals surface area contributed by atoms with E-state index in [-0.39, 0.29) is 5.91 Å². The van der Waals surface area contributed by atoms with Crippen LogP contribution >= 0.6 is 0 Å². The molecule has 0 saturated heterocycles. The van der Waals surface area contributed by atoms with Crippen molar-refractivity contribution in [3.05, 3.63) is 71.5 Å². The molecule has 0 bridgehead atoms. The van der Waals surface area contributed by atoms with Crippen molar-refractivity contribution >= 4 is 27.7 Å². The van der Waals surface area contributed by atoms with Crippen LogP contribution in [0.4, 0.5) is 0 Å². The molecule has 0 atom stereocenters. The summed E-state index contributed by atoms with van der Waals surface area (Å²) in [6.45, 7) is 2.47. The molecule has 1 amide bonds. The quantitative estimate of drug-likeness (QED) is 0.623. The average molecular weight is 330 g/mol. The molecule has 2 heterocycles. The number of hydrogen-bond donors (Lipinski definition) is 1. The molecule has 0 fully saturated rings. The molecule has 0 aliphatic carbocycles. The van der Waals surface area contributed by atoms with Crippen molar-refractivity contribution in [3.63, 3.8) is 0 Å². The molecule has 25 heavy (non-hydrogen) atoms. The van der Waals surface area contributed by atoms with Crippen LogP contribution in [-0.4, -0.2) is 33.0 Å². The Hall–Kier alpha value is -3.21. The molecule has 0 radical (unpaired) electrons. The van der Waals surface area contributed by atoms with Gasteiger partial charge < -0.3 is 4.90 Å². The van der Waals surface area contributed by atoms with E-state index in [9.17, 15) is 4.79 Å². The molecule has 2 aromatic carbocycles. The van der Waals surface area contributed by atoms with Gasteiger partial charge in [0.1, 0.15) is 0 Å². The molecule has 0 aliphatic heterocycles. The third-order valence-electron chi connectivity index (χ3n) is 4.48. The Bertz CT molecular complexity index is 1080. The number of amides is 1. The predicted octanol–water partition coefficient (Wildman–Crippen LogP) is 3.69. The van der Waals surface area contributed by atoms with E-state index in [2.05, 4.69) is 39.4 Å². The predicted molar refractivity (Wildman–Crippen MR) is 98.4 cm³/mol. The van der Waals surface area contributed by atoms with Gasteiger partial charge in [0.15, 0.2) is 5.65 Å². The zero-order valence-corrected chi connectivity index (χ0v) is 14.2. The maximum atomic E-state index is 12.8. The first-order chi connectivity index (χ1) is 12.1. The molecule has 1 N–H and O–H groups in total. The highest BCUT2D eigenvalue weighted by molar-refractivity contribution is 5.97. The molecule has 0 unspecified atom stereocenters. The topological polar surface area (TPSA) is 61.9 Å². The number of nitrogens with zero attached hydrogens (tertiary/aromatic N) is 3. The van der Waals surface area contributed by atoms with Crippen LogP contribution in [0.3, 0.4) is 0 Å². The largest absolute Gasteiger partial charge is 0.337 e. The summed E-state index contributed by atoms with van der Waals surface area (Å²) in [6, 6.07) is 16.2. The highest BCUT2D eigenvalue weighted by Crippen LogP contribution is 2.21. The second-order valence-corrected chi connectivity index (χ2v) is 6.24. The van der Waals surface area contributed by atoms with Crippen molar-refractivity contribution in [2.45, 2.75) is 13.5 Å². The summed E-state index contributed by atoms with van der Waals surface area (Å²) in [5.41, 5.74) is 3.24. The Balaban J connectivity index is 1.64. The highest BCUT2D eigenvalue weighted by atomic mass is 16.2. The highest BCUT2D eigenvalue weighted by Gasteiger charge is 2.15. The van der Waals surface area contributed by atoms with Gasteiger partial charge in [-0.25, -0.2) is 4.98 Å². The third-order valence-corrected chi connectivity index (χ3v) is 4.48. The Morgan fingerprint density at radius 3 is 2.80 bits per heavy atom. The normalized spacial score (nSPS) is 11.1. The van der Waals surface area contributed by atoms with Gasteiger partial charge in [-0.05, 0) is 29.3 Å². The molecular formula is C20H18N4O. The van der Waals surface area contributed by atoms with Crippen LogP contribution < -0.4 is 0 Å². The molecule has 4 aromatic rings. The van der Waals surface area contributed by atoms with Crippen molar-refractivity contribution in [1.82, 2.24) is 20.1 Å². The number of aryl methyl sites for hydroxylation is 1. The number of fused-ring (bicyclic) bond motifs is 2. The first-order valence-corrected chi connectivity index (χ1v) is 8.16. The number of aromatic amines is 1. The fourth-order valence-electron chi connectivity index (χ4n) is 3.11. The van der Waals surface area contributed by atoms with Gasteiger partial charge >= 0.3 is 0 Å². The average Bonchev–Trinajstić information content (AvgIpc) is 3.02. The van der Waals surface area contributed by atoms with Crippen LogP contribution in [0.1, 0.15) is 21.6 Å². The van der Waals surface area contributed by atoms with Crippen LogP contribution in [0, 0.1) is 6.92 Å². The van der Waals surface area contributed by atoms with Crippen molar-refractivity contribution in [2.24, 2.45) is 0 Å². The fraction of sp³-hybridized carbons (Fsp3) is 0.150. The summed E-state index contributed by atoms with van der Waals surface area (Å²) >= 11 is 0. The Morgan fingerprint density at radius 2 is 1.92 bits per heavy atom. The van der Waals surface area contributed by atoms with E-state index in [1.54, 1.807) is 11.1 Å². The van der Waals surface area contributed by atoms with Gasteiger partial charge in [-0.1, -0.05) is 42.5 Å². The minimum absolute atomic E-state index is 0.0528. The lowest BCUT2D eigenvalue weighted by Gasteiger charge is -2.18. The number of H-pyrrole nitrogens is 1. The number of nitrogens with one attached hydrogen (secondary N) is 1. The zero-order chi connectivity index (χ0) is 17.4. The molecule has 5 heteroatoms. The van der Waals surface area contributed by atoms with E-state index in [0.29, 0.717) is 17.8 Å². The van der Waals surface area contributed by atoms with E-state index in [1.807, 2.05) is 38.2 Å². The minimum Gasteiger partial charge on any atom is -0.337 e. The lowest BCUT2D eigenvalue weighted by molar-refractivity contribution is 0.0785. The minimum atomic E-state index is -0.0528. The van der Waals surface area contributed by atoms with Gasteiger partial charge in [0, 0.05) is 30.9 Å². The molecule has 0 spiro atoms. The SMILES string of the molecule is Cc1[nH]nc2ncc(C(=O)N(C)Cc3cccc4ccccc34)cc12. The van der Waals surface area contributed by atoms with Crippen molar-refractivity contribution in [3.8, 4) is 0 Å². The number of aromatic nitrogens is 3. The van der Waals surface area contributed by atoms with E-state index >= 15 is 0 Å². The molecular weight excluding hydrogens is 312 g/mol. The second kappa shape index (κ2) is 6.02. The van der Waals surface area contributed by atoms with E-state index in [4.69, 9.17) is 0 Å². The molecule has 4 rings (SSSR count). The summed E-state index contributed by atoms with van der Waals surface area (Å²) in [4.78, 5) is 18.8. The third kappa shape index (κ3) is 2.74. The van der Waals surface area contributed by atoms with E-state index in [1.165, 1.54) is 10.8 Å². The molecule has 0 aliphatic rings. The zero-order valence-electron chi connectivity index (χ0n) is 14.2. The standard InChI is InChI=1S/C20H18N4O/c1-13-18-10-16(11-21-19(18)23-22-13)20(25)24(2)12-15-8-5-7-14-6-3-4-9-17(14)15/h3-11H,12H2,1-2H3,(H,21,22,23). The van der Waals surface area contributed by atoms with Crippen molar-refractivity contribution < 1.29 is 4.79 Å². The lowest BCUT2D eigenvalue weighted by atomic mass is 10.0. The van der Waals surface area contributed by atoms with E-state index < -0.39 is 0 Å². The smallest absolute Gasteiger partial charge is 0.255 e. The summed E-state index contributed by atoms with van der Waals surface area (Å²) in [5.74, 6) is -0.0528. The van der Waals surface area contributed by atoms with Crippen LogP contribution in [0.2, 0.25) is 0 Å². The summed E-state index contributed by atoms with van der Waals surface area (Å²) < 4.78 is 0. The number of carbonyl (C=O) groups is 1. The van der Waals surface area contributed by atoms with Gasteiger partial charge in [0.25, 0.3) is 5.91 Å². The number of hydrogen-bond acceptors (Lipinski definition) is 3. The Kier molecular flexibility index (Phi) is 3.69. The maximum Gasteiger partial charge on any atom is 0.255 e. The van der Waals surface area contributed by atoms with Gasteiger partial charge in [-0.3, -0.25) is 9.89 Å².